The van der Waals surface area contributed by atoms with Gasteiger partial charge in [0.2, 0.25) is 5.91 Å². The van der Waals surface area contributed by atoms with Gasteiger partial charge < -0.3 is 45.1 Å². The summed E-state index contributed by atoms with van der Waals surface area (Å²) >= 11 is 0. The Kier molecular flexibility index (Phi) is 61.9. The van der Waals surface area contributed by atoms with E-state index in [1.807, 2.05) is 6.08 Å². The van der Waals surface area contributed by atoms with E-state index in [4.69, 9.17) is 14.2 Å². The maximum absolute atomic E-state index is 13.5. The molecule has 0 aromatic heterocycles. The molecule has 8 unspecified atom stereocenters. The van der Waals surface area contributed by atoms with Crippen LogP contribution in [0.1, 0.15) is 380 Å². The molecular formula is C77H145NO10. The number of rotatable bonds is 67. The summed E-state index contributed by atoms with van der Waals surface area (Å²) in [6, 6.07) is -1.02. The largest absolute Gasteiger partial charge is 0.454 e. The number of allylic oxidation sites excluding steroid dienone is 5. The second-order valence-corrected chi connectivity index (χ2v) is 26.7. The molecule has 88 heavy (non-hydrogen) atoms. The van der Waals surface area contributed by atoms with Crippen molar-refractivity contribution in [2.45, 2.75) is 429 Å². The standard InChI is InChI=1S/C77H145NO10/c1-4-7-10-13-16-19-22-25-27-29-31-33-34-35-36-37-38-39-41-43-45-47-50-53-56-59-62-65-72(82)88-75-74(84)73(83)71(66-79)87-77(75)86-67-68(69(80)63-60-57-54-51-48-24-21-18-15-12-9-6-3)78-76(85)70(81)64-61-58-55-52-49-46-44-42-40-32-30-28-26-23-20-17-14-11-8-5-2/h25-28,60,63,68-71,73-75,77,79-81,83-84H,4-24,29-59,61-62,64-67H2,1-3H3,(H,78,85)/b27-25+,28-26+,63-60+. The number of hydrogen-bond donors (Lipinski definition) is 6. The summed E-state index contributed by atoms with van der Waals surface area (Å²) in [5.74, 6) is -1.18. The average Bonchev–Trinajstić information content (AvgIpc) is 1.29. The normalized spacial score (nSPS) is 18.3. The molecule has 1 heterocycles. The van der Waals surface area contributed by atoms with E-state index >= 15 is 0 Å². The van der Waals surface area contributed by atoms with E-state index in [9.17, 15) is 35.1 Å². The van der Waals surface area contributed by atoms with Gasteiger partial charge in [-0.1, -0.05) is 333 Å². The lowest BCUT2D eigenvalue weighted by atomic mass is 9.99. The molecule has 1 amide bonds. The minimum Gasteiger partial charge on any atom is -0.454 e. The van der Waals surface area contributed by atoms with Gasteiger partial charge in [0.1, 0.15) is 24.4 Å². The molecule has 518 valence electrons. The number of carbonyl (C=O) groups excluding carboxylic acids is 2. The number of hydrogen-bond acceptors (Lipinski definition) is 10. The fourth-order valence-corrected chi connectivity index (χ4v) is 12.2. The lowest BCUT2D eigenvalue weighted by Crippen LogP contribution is -2.61. The summed E-state index contributed by atoms with van der Waals surface area (Å²) in [7, 11) is 0. The molecule has 1 aliphatic heterocycles. The summed E-state index contributed by atoms with van der Waals surface area (Å²) in [6.07, 6.45) is 70.6. The third kappa shape index (κ3) is 51.4. The Balaban J connectivity index is 2.50. The topological polar surface area (TPSA) is 175 Å². The lowest BCUT2D eigenvalue weighted by Gasteiger charge is -2.41. The van der Waals surface area contributed by atoms with Crippen LogP contribution < -0.4 is 5.32 Å². The first-order valence-corrected chi connectivity index (χ1v) is 38.3. The summed E-state index contributed by atoms with van der Waals surface area (Å²) in [5.41, 5.74) is 0. The molecule has 0 aromatic rings. The van der Waals surface area contributed by atoms with Crippen LogP contribution >= 0.6 is 0 Å². The molecule has 1 aliphatic rings. The van der Waals surface area contributed by atoms with E-state index in [1.165, 1.54) is 276 Å². The first-order chi connectivity index (χ1) is 43.2. The number of amides is 1. The summed E-state index contributed by atoms with van der Waals surface area (Å²) < 4.78 is 17.7. The monoisotopic (exact) mass is 1240 g/mol. The summed E-state index contributed by atoms with van der Waals surface area (Å²) in [5, 5.41) is 57.3. The Bertz CT molecular complexity index is 1570. The third-order valence-corrected chi connectivity index (χ3v) is 18.3. The van der Waals surface area contributed by atoms with E-state index in [-0.39, 0.29) is 13.0 Å². The number of unbranched alkanes of at least 4 members (excludes halogenated alkanes) is 49. The maximum Gasteiger partial charge on any atom is 0.306 e. The molecule has 6 N–H and O–H groups in total. The zero-order valence-electron chi connectivity index (χ0n) is 57.9. The second-order valence-electron chi connectivity index (χ2n) is 26.7. The molecule has 0 bridgehead atoms. The minimum absolute atomic E-state index is 0.128. The molecule has 0 spiro atoms. The van der Waals surface area contributed by atoms with Gasteiger partial charge in [-0.15, -0.1) is 0 Å². The van der Waals surface area contributed by atoms with Gasteiger partial charge in [0, 0.05) is 6.42 Å². The number of ether oxygens (including phenoxy) is 3. The molecular weight excluding hydrogens is 1100 g/mol. The first kappa shape index (κ1) is 83.9. The first-order valence-electron chi connectivity index (χ1n) is 38.3. The Morgan fingerprint density at radius 2 is 0.750 bits per heavy atom. The molecule has 11 heteroatoms. The number of carbonyl (C=O) groups is 2. The molecule has 0 aromatic carbocycles. The summed E-state index contributed by atoms with van der Waals surface area (Å²) in [4.78, 5) is 26.7. The predicted octanol–water partition coefficient (Wildman–Crippen LogP) is 20.1. The van der Waals surface area contributed by atoms with E-state index in [0.717, 1.165) is 57.8 Å². The fourth-order valence-electron chi connectivity index (χ4n) is 12.2. The number of aliphatic hydroxyl groups excluding tert-OH is 5. The van der Waals surface area contributed by atoms with Crippen LogP contribution in [-0.2, 0) is 23.8 Å². The van der Waals surface area contributed by atoms with Gasteiger partial charge >= 0.3 is 5.97 Å². The highest BCUT2D eigenvalue weighted by atomic mass is 16.7. The van der Waals surface area contributed by atoms with Gasteiger partial charge in [-0.05, 0) is 77.0 Å². The Morgan fingerprint density at radius 3 is 1.10 bits per heavy atom. The highest BCUT2D eigenvalue weighted by molar-refractivity contribution is 5.80. The number of esters is 1. The lowest BCUT2D eigenvalue weighted by molar-refractivity contribution is -0.305. The second kappa shape index (κ2) is 65.0. The number of nitrogens with one attached hydrogen (secondary N) is 1. The van der Waals surface area contributed by atoms with Crippen molar-refractivity contribution in [3.63, 3.8) is 0 Å². The molecule has 1 saturated heterocycles. The molecule has 8 atom stereocenters. The van der Waals surface area contributed by atoms with Crippen molar-refractivity contribution in [2.24, 2.45) is 0 Å². The van der Waals surface area contributed by atoms with Crippen molar-refractivity contribution < 1.29 is 49.3 Å². The number of aliphatic hydroxyl groups is 5. The average molecular weight is 1250 g/mol. The van der Waals surface area contributed by atoms with Crippen molar-refractivity contribution >= 4 is 11.9 Å². The molecule has 1 fully saturated rings. The van der Waals surface area contributed by atoms with Gasteiger partial charge in [0.25, 0.3) is 0 Å². The third-order valence-electron chi connectivity index (χ3n) is 18.3. The van der Waals surface area contributed by atoms with Crippen molar-refractivity contribution in [3.05, 3.63) is 36.5 Å². The van der Waals surface area contributed by atoms with Gasteiger partial charge in [0.05, 0.1) is 25.4 Å². The van der Waals surface area contributed by atoms with E-state index in [2.05, 4.69) is 50.4 Å². The van der Waals surface area contributed by atoms with Crippen molar-refractivity contribution in [2.75, 3.05) is 13.2 Å². The van der Waals surface area contributed by atoms with Crippen molar-refractivity contribution in [3.8, 4) is 0 Å². The van der Waals surface area contributed by atoms with Crippen molar-refractivity contribution in [1.82, 2.24) is 5.32 Å². The maximum atomic E-state index is 13.5. The van der Waals surface area contributed by atoms with Gasteiger partial charge in [-0.3, -0.25) is 9.59 Å². The van der Waals surface area contributed by atoms with E-state index in [1.54, 1.807) is 6.08 Å². The van der Waals surface area contributed by atoms with Crippen LogP contribution in [0.2, 0.25) is 0 Å². The quantitative estimate of drug-likeness (QED) is 0.0195. The van der Waals surface area contributed by atoms with Crippen LogP contribution in [0.3, 0.4) is 0 Å². The smallest absolute Gasteiger partial charge is 0.306 e. The van der Waals surface area contributed by atoms with Crippen LogP contribution in [0.4, 0.5) is 0 Å². The van der Waals surface area contributed by atoms with Crippen LogP contribution in [0.5, 0.6) is 0 Å². The Hall–Kier alpha value is -2.12. The van der Waals surface area contributed by atoms with Gasteiger partial charge in [0.15, 0.2) is 12.4 Å². The molecule has 0 radical (unpaired) electrons. The minimum atomic E-state index is -1.61. The van der Waals surface area contributed by atoms with Gasteiger partial charge in [-0.2, -0.15) is 0 Å². The van der Waals surface area contributed by atoms with E-state index < -0.39 is 67.4 Å². The van der Waals surface area contributed by atoms with Gasteiger partial charge in [-0.25, -0.2) is 0 Å². The van der Waals surface area contributed by atoms with Crippen molar-refractivity contribution in [1.29, 1.82) is 0 Å². The van der Waals surface area contributed by atoms with E-state index in [0.29, 0.717) is 19.3 Å². The molecule has 0 saturated carbocycles. The molecule has 0 aliphatic carbocycles. The fraction of sp³-hybridized carbons (Fsp3) is 0.896. The zero-order chi connectivity index (χ0) is 63.9. The zero-order valence-corrected chi connectivity index (χ0v) is 57.9. The molecule has 1 rings (SSSR count). The Morgan fingerprint density at radius 1 is 0.432 bits per heavy atom. The highest BCUT2D eigenvalue weighted by Crippen LogP contribution is 2.27. The molecule has 11 nitrogen and oxygen atoms in total. The van der Waals surface area contributed by atoms with Crippen LogP contribution in [0, 0.1) is 0 Å². The van der Waals surface area contributed by atoms with Crippen LogP contribution in [0.25, 0.3) is 0 Å². The van der Waals surface area contributed by atoms with Crippen LogP contribution in [-0.4, -0.2) is 99.6 Å². The summed E-state index contributed by atoms with van der Waals surface area (Å²) in [6.45, 7) is 5.84. The Labute approximate surface area is 543 Å². The predicted molar refractivity (Wildman–Crippen MR) is 371 cm³/mol. The highest BCUT2D eigenvalue weighted by Gasteiger charge is 2.47. The SMILES string of the molecule is CCCCCCCC/C=C/CCCCCCCCCCCCCCCCCCCC(=O)OC1C(OCC(NC(=O)C(O)CCCCCCCCCCCC/C=C/CCCCCCCC)C(O)/C=C/CCCCCCCCCCCC)OC(CO)C(O)C1O. The van der Waals surface area contributed by atoms with Crippen LogP contribution in [0.15, 0.2) is 36.5 Å².